The first-order valence-corrected chi connectivity index (χ1v) is 10.3. The van der Waals surface area contributed by atoms with E-state index in [0.29, 0.717) is 17.3 Å². The Morgan fingerprint density at radius 3 is 3.00 bits per heavy atom. The van der Waals surface area contributed by atoms with Crippen molar-refractivity contribution in [2.45, 2.75) is 45.1 Å². The summed E-state index contributed by atoms with van der Waals surface area (Å²) in [6.07, 6.45) is 4.97. The maximum Gasteiger partial charge on any atom is 0.339 e. The van der Waals surface area contributed by atoms with E-state index in [9.17, 15) is 9.59 Å². The van der Waals surface area contributed by atoms with Gasteiger partial charge < -0.3 is 19.4 Å². The third-order valence-corrected chi connectivity index (χ3v) is 6.63. The van der Waals surface area contributed by atoms with E-state index in [1.54, 1.807) is 0 Å². The molecule has 0 radical (unpaired) electrons. The van der Waals surface area contributed by atoms with Crippen LogP contribution in [0.25, 0.3) is 11.0 Å². The smallest absolute Gasteiger partial charge is 0.339 e. The van der Waals surface area contributed by atoms with Crippen molar-refractivity contribution >= 4 is 16.9 Å². The van der Waals surface area contributed by atoms with Crippen LogP contribution in [0.15, 0.2) is 21.3 Å². The van der Waals surface area contributed by atoms with E-state index in [0.717, 1.165) is 67.4 Å². The molecule has 2 bridgehead atoms. The monoisotopic (exact) mass is 382 g/mol. The van der Waals surface area contributed by atoms with Gasteiger partial charge in [0.05, 0.1) is 0 Å². The molecule has 6 nitrogen and oxygen atoms in total. The van der Waals surface area contributed by atoms with Gasteiger partial charge in [0, 0.05) is 35.6 Å². The van der Waals surface area contributed by atoms with Crippen molar-refractivity contribution < 1.29 is 13.9 Å². The van der Waals surface area contributed by atoms with Gasteiger partial charge in [0.1, 0.15) is 11.3 Å². The van der Waals surface area contributed by atoms with Crippen LogP contribution in [-0.2, 0) is 17.6 Å². The molecule has 4 heterocycles. The van der Waals surface area contributed by atoms with Crippen molar-refractivity contribution in [1.29, 1.82) is 0 Å². The van der Waals surface area contributed by atoms with Crippen LogP contribution >= 0.6 is 0 Å². The van der Waals surface area contributed by atoms with Crippen LogP contribution < -0.4 is 15.7 Å². The van der Waals surface area contributed by atoms with Gasteiger partial charge in [-0.05, 0) is 69.2 Å². The standard InChI is InChI=1S/C22H26N2O4/c1-13-19(8-7-17-16-3-2-4-18(16)22(26)28-21(13)17)27-12-20(25)24-11-14-5-6-15(24)10-23-9-14/h7-8,14-15,23H,2-6,9-12H2,1H3/t14-,15+/m1/s1. The average Bonchev–Trinajstić information content (AvgIpc) is 2.98. The molecule has 0 unspecified atom stereocenters. The summed E-state index contributed by atoms with van der Waals surface area (Å²) in [5, 5.41) is 4.45. The summed E-state index contributed by atoms with van der Waals surface area (Å²) < 4.78 is 11.5. The molecule has 148 valence electrons. The van der Waals surface area contributed by atoms with E-state index in [2.05, 4.69) is 5.32 Å². The minimum absolute atomic E-state index is 0.0186. The fraction of sp³-hybridized carbons (Fsp3) is 0.545. The highest BCUT2D eigenvalue weighted by Crippen LogP contribution is 2.33. The minimum atomic E-state index is -0.232. The zero-order valence-corrected chi connectivity index (χ0v) is 16.3. The summed E-state index contributed by atoms with van der Waals surface area (Å²) in [6, 6.07) is 4.14. The first kappa shape index (κ1) is 17.7. The molecule has 3 fully saturated rings. The van der Waals surface area contributed by atoms with Gasteiger partial charge in [0.2, 0.25) is 0 Å². The molecule has 2 aromatic rings. The number of nitrogens with one attached hydrogen (secondary N) is 1. The summed E-state index contributed by atoms with van der Waals surface area (Å²) in [6.45, 7) is 4.59. The van der Waals surface area contributed by atoms with E-state index >= 15 is 0 Å². The summed E-state index contributed by atoms with van der Waals surface area (Å²) in [7, 11) is 0. The first-order valence-electron chi connectivity index (χ1n) is 10.3. The highest BCUT2D eigenvalue weighted by Gasteiger charge is 2.34. The van der Waals surface area contributed by atoms with Crippen LogP contribution in [0.5, 0.6) is 5.75 Å². The van der Waals surface area contributed by atoms with E-state index in [1.807, 2.05) is 24.0 Å². The SMILES string of the molecule is Cc1c(OCC(=O)N2C[C@@H]3CC[C@H]2CNC3)ccc2c3c(c(=O)oc12)CCC3. The molecule has 1 aliphatic carbocycles. The molecular weight excluding hydrogens is 356 g/mol. The van der Waals surface area contributed by atoms with Crippen molar-refractivity contribution in [3.63, 3.8) is 0 Å². The largest absolute Gasteiger partial charge is 0.483 e. The second-order valence-electron chi connectivity index (χ2n) is 8.36. The van der Waals surface area contributed by atoms with E-state index in [-0.39, 0.29) is 24.2 Å². The normalized spacial score (nSPS) is 23.7. The number of piperidine rings is 1. The number of aryl methyl sites for hydroxylation is 2. The molecule has 3 saturated heterocycles. The maximum absolute atomic E-state index is 12.8. The quantitative estimate of drug-likeness (QED) is 0.824. The topological polar surface area (TPSA) is 71.8 Å². The Hall–Kier alpha value is -2.34. The number of carbonyl (C=O) groups is 1. The van der Waals surface area contributed by atoms with Crippen molar-refractivity contribution in [3.8, 4) is 5.75 Å². The van der Waals surface area contributed by atoms with Gasteiger partial charge in [-0.25, -0.2) is 4.79 Å². The van der Waals surface area contributed by atoms with Gasteiger partial charge in [0.15, 0.2) is 6.61 Å². The van der Waals surface area contributed by atoms with E-state index in [4.69, 9.17) is 9.15 Å². The zero-order chi connectivity index (χ0) is 19.3. The van der Waals surface area contributed by atoms with Crippen molar-refractivity contribution in [2.24, 2.45) is 5.92 Å². The van der Waals surface area contributed by atoms with Crippen LogP contribution in [-0.4, -0.2) is 43.1 Å². The van der Waals surface area contributed by atoms with E-state index < -0.39 is 0 Å². The molecule has 6 heteroatoms. The summed E-state index contributed by atoms with van der Waals surface area (Å²) >= 11 is 0. The lowest BCUT2D eigenvalue weighted by molar-refractivity contribution is -0.137. The van der Waals surface area contributed by atoms with Gasteiger partial charge in [-0.15, -0.1) is 0 Å². The lowest BCUT2D eigenvalue weighted by atomic mass is 9.95. The fourth-order valence-corrected chi connectivity index (χ4v) is 5.08. The van der Waals surface area contributed by atoms with Crippen LogP contribution in [0, 0.1) is 12.8 Å². The zero-order valence-electron chi connectivity index (χ0n) is 16.3. The van der Waals surface area contributed by atoms with Gasteiger partial charge in [-0.2, -0.15) is 0 Å². The van der Waals surface area contributed by atoms with Crippen LogP contribution in [0.1, 0.15) is 36.0 Å². The number of nitrogens with zero attached hydrogens (tertiary/aromatic N) is 1. The molecule has 1 aromatic carbocycles. The molecule has 0 saturated carbocycles. The highest BCUT2D eigenvalue weighted by molar-refractivity contribution is 5.86. The van der Waals surface area contributed by atoms with Crippen molar-refractivity contribution in [2.75, 3.05) is 26.2 Å². The summed E-state index contributed by atoms with van der Waals surface area (Å²) in [4.78, 5) is 27.1. The number of hydrogen-bond donors (Lipinski definition) is 1. The van der Waals surface area contributed by atoms with Crippen molar-refractivity contribution in [3.05, 3.63) is 39.2 Å². The third-order valence-electron chi connectivity index (χ3n) is 6.63. The van der Waals surface area contributed by atoms with Gasteiger partial charge >= 0.3 is 5.63 Å². The predicted molar refractivity (Wildman–Crippen MR) is 106 cm³/mol. The first-order chi connectivity index (χ1) is 13.6. The summed E-state index contributed by atoms with van der Waals surface area (Å²) in [5.74, 6) is 1.19. The third kappa shape index (κ3) is 2.91. The second-order valence-corrected chi connectivity index (χ2v) is 8.36. The Balaban J connectivity index is 1.37. The minimum Gasteiger partial charge on any atom is -0.483 e. The van der Waals surface area contributed by atoms with Crippen LogP contribution in [0.2, 0.25) is 0 Å². The van der Waals surface area contributed by atoms with Crippen LogP contribution in [0.4, 0.5) is 0 Å². The molecule has 1 amide bonds. The van der Waals surface area contributed by atoms with Crippen LogP contribution in [0.3, 0.4) is 0 Å². The van der Waals surface area contributed by atoms with Gasteiger partial charge in [0.25, 0.3) is 5.91 Å². The Labute approximate surface area is 163 Å². The van der Waals surface area contributed by atoms with E-state index in [1.165, 1.54) is 6.42 Å². The molecule has 6 rings (SSSR count). The Morgan fingerprint density at radius 1 is 1.25 bits per heavy atom. The average molecular weight is 382 g/mol. The number of hydrogen-bond acceptors (Lipinski definition) is 5. The Morgan fingerprint density at radius 2 is 2.11 bits per heavy atom. The second kappa shape index (κ2) is 6.92. The number of rotatable bonds is 3. The fourth-order valence-electron chi connectivity index (χ4n) is 5.08. The number of ether oxygens (including phenoxy) is 1. The highest BCUT2D eigenvalue weighted by atomic mass is 16.5. The number of benzene rings is 1. The lowest BCUT2D eigenvalue weighted by Gasteiger charge is -2.36. The number of carbonyl (C=O) groups excluding carboxylic acids is 1. The molecule has 28 heavy (non-hydrogen) atoms. The number of fused-ring (bicyclic) bond motifs is 7. The predicted octanol–water partition coefficient (Wildman–Crippen LogP) is 2.18. The molecule has 4 aliphatic rings. The lowest BCUT2D eigenvalue weighted by Crippen LogP contribution is -2.48. The van der Waals surface area contributed by atoms with Gasteiger partial charge in [-0.1, -0.05) is 0 Å². The van der Waals surface area contributed by atoms with Gasteiger partial charge in [-0.3, -0.25) is 4.79 Å². The molecule has 0 spiro atoms. The van der Waals surface area contributed by atoms with Crippen molar-refractivity contribution in [1.82, 2.24) is 10.2 Å². The molecule has 1 aromatic heterocycles. The Kier molecular flexibility index (Phi) is 4.38. The molecule has 3 aliphatic heterocycles. The maximum atomic E-state index is 12.8. The Bertz CT molecular complexity index is 992. The molecular formula is C22H26N2O4. The molecule has 2 atom stereocenters. The number of amides is 1. The molecule has 1 N–H and O–H groups in total. The summed E-state index contributed by atoms with van der Waals surface area (Å²) in [5.41, 5.74) is 3.08.